The molecule has 2 nitrogen and oxygen atoms in total. The monoisotopic (exact) mass is 315 g/mol. The van der Waals surface area contributed by atoms with E-state index in [2.05, 4.69) is 19.2 Å². The molecule has 1 aromatic carbocycles. The maximum Gasteiger partial charge on any atom is 0.0929 e. The summed E-state index contributed by atoms with van der Waals surface area (Å²) in [5.41, 5.74) is 1.16. The third-order valence-corrected chi connectivity index (χ3v) is 4.84. The molecule has 1 atom stereocenters. The van der Waals surface area contributed by atoms with Gasteiger partial charge in [-0.15, -0.1) is 0 Å². The standard InChI is InChI=1S/C16H23Cl2NO/c1-16(2)7-5-12(6-8-16)19-10-15(20)13-9-11(17)3-4-14(13)18/h3-4,9,12,15,19-20H,5-8,10H2,1-2H3. The summed E-state index contributed by atoms with van der Waals surface area (Å²) >= 11 is 12.1. The largest absolute Gasteiger partial charge is 0.387 e. The molecule has 1 unspecified atom stereocenters. The van der Waals surface area contributed by atoms with Crippen molar-refractivity contribution in [2.24, 2.45) is 5.41 Å². The van der Waals surface area contributed by atoms with Crippen molar-refractivity contribution in [2.45, 2.75) is 51.7 Å². The fourth-order valence-electron chi connectivity index (χ4n) is 2.76. The molecule has 1 aliphatic rings. The number of benzene rings is 1. The van der Waals surface area contributed by atoms with Crippen LogP contribution in [0, 0.1) is 5.41 Å². The highest BCUT2D eigenvalue weighted by molar-refractivity contribution is 6.33. The molecule has 0 spiro atoms. The van der Waals surface area contributed by atoms with Gasteiger partial charge in [0.1, 0.15) is 0 Å². The van der Waals surface area contributed by atoms with Crippen LogP contribution in [0.1, 0.15) is 51.2 Å². The molecular formula is C16H23Cl2NO. The van der Waals surface area contributed by atoms with Crippen LogP contribution in [0.2, 0.25) is 10.0 Å². The number of rotatable bonds is 4. The maximum atomic E-state index is 10.3. The Morgan fingerprint density at radius 2 is 1.95 bits per heavy atom. The summed E-state index contributed by atoms with van der Waals surface area (Å²) in [5.74, 6) is 0. The molecule has 0 saturated heterocycles. The summed E-state index contributed by atoms with van der Waals surface area (Å²) in [6.45, 7) is 5.17. The van der Waals surface area contributed by atoms with Crippen molar-refractivity contribution in [3.8, 4) is 0 Å². The Labute approximate surface area is 131 Å². The van der Waals surface area contributed by atoms with Crippen LogP contribution in [0.5, 0.6) is 0 Å². The van der Waals surface area contributed by atoms with Gasteiger partial charge in [-0.25, -0.2) is 0 Å². The first-order chi connectivity index (χ1) is 9.37. The molecule has 20 heavy (non-hydrogen) atoms. The van der Waals surface area contributed by atoms with Crippen molar-refractivity contribution in [1.82, 2.24) is 5.32 Å². The van der Waals surface area contributed by atoms with Gasteiger partial charge in [-0.1, -0.05) is 37.0 Å². The second-order valence-corrected chi connectivity index (χ2v) is 7.37. The smallest absolute Gasteiger partial charge is 0.0929 e. The topological polar surface area (TPSA) is 32.3 Å². The predicted molar refractivity (Wildman–Crippen MR) is 85.5 cm³/mol. The molecule has 2 N–H and O–H groups in total. The quantitative estimate of drug-likeness (QED) is 0.852. The Morgan fingerprint density at radius 3 is 2.60 bits per heavy atom. The molecule has 112 valence electrons. The molecule has 0 heterocycles. The van der Waals surface area contributed by atoms with Crippen LogP contribution < -0.4 is 5.32 Å². The predicted octanol–water partition coefficient (Wildman–Crippen LogP) is 4.59. The molecule has 0 radical (unpaired) electrons. The van der Waals surface area contributed by atoms with Gasteiger partial charge in [-0.2, -0.15) is 0 Å². The summed E-state index contributed by atoms with van der Waals surface area (Å²) in [5, 5.41) is 14.9. The first-order valence-electron chi connectivity index (χ1n) is 7.24. The van der Waals surface area contributed by atoms with Crippen molar-refractivity contribution in [3.05, 3.63) is 33.8 Å². The minimum atomic E-state index is -0.615. The molecule has 0 bridgehead atoms. The van der Waals surface area contributed by atoms with Gasteiger partial charge >= 0.3 is 0 Å². The van der Waals surface area contributed by atoms with Crippen LogP contribution in [-0.4, -0.2) is 17.7 Å². The number of nitrogens with one attached hydrogen (secondary N) is 1. The maximum absolute atomic E-state index is 10.3. The zero-order chi connectivity index (χ0) is 14.8. The van der Waals surface area contributed by atoms with Crippen molar-refractivity contribution in [1.29, 1.82) is 0 Å². The van der Waals surface area contributed by atoms with E-state index in [1.165, 1.54) is 25.7 Å². The Bertz CT molecular complexity index is 452. The summed E-state index contributed by atoms with van der Waals surface area (Å²) in [7, 11) is 0. The molecule has 4 heteroatoms. The van der Waals surface area contributed by atoms with E-state index in [4.69, 9.17) is 23.2 Å². The number of hydrogen-bond acceptors (Lipinski definition) is 2. The summed E-state index contributed by atoms with van der Waals surface area (Å²) < 4.78 is 0. The second kappa shape index (κ2) is 6.65. The van der Waals surface area contributed by atoms with Crippen LogP contribution in [0.3, 0.4) is 0 Å². The fourth-order valence-corrected chi connectivity index (χ4v) is 3.19. The Morgan fingerprint density at radius 1 is 1.30 bits per heavy atom. The summed E-state index contributed by atoms with van der Waals surface area (Å²) in [6.07, 6.45) is 4.19. The second-order valence-electron chi connectivity index (χ2n) is 6.53. The number of hydrogen-bond donors (Lipinski definition) is 2. The number of halogens is 2. The van der Waals surface area contributed by atoms with Crippen molar-refractivity contribution >= 4 is 23.2 Å². The van der Waals surface area contributed by atoms with Crippen LogP contribution in [0.15, 0.2) is 18.2 Å². The van der Waals surface area contributed by atoms with Crippen LogP contribution in [0.4, 0.5) is 0 Å². The summed E-state index contributed by atoms with van der Waals surface area (Å²) in [6, 6.07) is 5.69. The average molecular weight is 316 g/mol. The minimum Gasteiger partial charge on any atom is -0.387 e. The zero-order valence-corrected chi connectivity index (χ0v) is 13.6. The lowest BCUT2D eigenvalue weighted by Gasteiger charge is -2.35. The average Bonchev–Trinajstić information content (AvgIpc) is 2.40. The lowest BCUT2D eigenvalue weighted by molar-refractivity contribution is 0.152. The van der Waals surface area contributed by atoms with Gasteiger partial charge in [0.05, 0.1) is 6.10 Å². The van der Waals surface area contributed by atoms with Gasteiger partial charge in [0, 0.05) is 28.2 Å². The van der Waals surface area contributed by atoms with E-state index in [9.17, 15) is 5.11 Å². The van der Waals surface area contributed by atoms with Crippen LogP contribution in [0.25, 0.3) is 0 Å². The van der Waals surface area contributed by atoms with Crippen LogP contribution >= 0.6 is 23.2 Å². The van der Waals surface area contributed by atoms with Crippen molar-refractivity contribution in [2.75, 3.05) is 6.54 Å². The number of aliphatic hydroxyl groups excluding tert-OH is 1. The Hall–Kier alpha value is -0.280. The molecule has 0 aliphatic heterocycles. The van der Waals surface area contributed by atoms with Crippen LogP contribution in [-0.2, 0) is 0 Å². The molecule has 1 aliphatic carbocycles. The van der Waals surface area contributed by atoms with Gasteiger partial charge in [-0.3, -0.25) is 0 Å². The first-order valence-corrected chi connectivity index (χ1v) is 7.99. The van der Waals surface area contributed by atoms with E-state index in [-0.39, 0.29) is 0 Å². The van der Waals surface area contributed by atoms with E-state index in [1.54, 1.807) is 18.2 Å². The van der Waals surface area contributed by atoms with Gasteiger partial charge in [0.25, 0.3) is 0 Å². The molecule has 0 amide bonds. The van der Waals surface area contributed by atoms with Gasteiger partial charge in [-0.05, 0) is 49.3 Å². The van der Waals surface area contributed by atoms with E-state index in [1.807, 2.05) is 0 Å². The molecule has 0 aromatic heterocycles. The van der Waals surface area contributed by atoms with E-state index in [0.717, 1.165) is 0 Å². The third kappa shape index (κ3) is 4.36. The minimum absolute atomic E-state index is 0.465. The highest BCUT2D eigenvalue weighted by Gasteiger charge is 2.26. The molecule has 1 saturated carbocycles. The zero-order valence-electron chi connectivity index (χ0n) is 12.1. The molecule has 1 fully saturated rings. The van der Waals surface area contributed by atoms with Gasteiger partial charge < -0.3 is 10.4 Å². The SMILES string of the molecule is CC1(C)CCC(NCC(O)c2cc(Cl)ccc2Cl)CC1. The van der Waals surface area contributed by atoms with Gasteiger partial charge in [0.15, 0.2) is 0 Å². The Kier molecular flexibility index (Phi) is 5.36. The Balaban J connectivity index is 1.86. The highest BCUT2D eigenvalue weighted by atomic mass is 35.5. The lowest BCUT2D eigenvalue weighted by atomic mass is 9.75. The van der Waals surface area contributed by atoms with Crippen molar-refractivity contribution in [3.63, 3.8) is 0 Å². The van der Waals surface area contributed by atoms with E-state index in [0.29, 0.717) is 33.6 Å². The molecule has 1 aromatic rings. The van der Waals surface area contributed by atoms with Crippen molar-refractivity contribution < 1.29 is 5.11 Å². The lowest BCUT2D eigenvalue weighted by Crippen LogP contribution is -2.37. The number of aliphatic hydroxyl groups is 1. The van der Waals surface area contributed by atoms with Gasteiger partial charge in [0.2, 0.25) is 0 Å². The van der Waals surface area contributed by atoms with E-state index >= 15 is 0 Å². The van der Waals surface area contributed by atoms with E-state index < -0.39 is 6.10 Å². The third-order valence-electron chi connectivity index (χ3n) is 4.26. The molecule has 2 rings (SSSR count). The normalized spacial score (nSPS) is 20.9. The molecular weight excluding hydrogens is 293 g/mol. The highest BCUT2D eigenvalue weighted by Crippen LogP contribution is 2.35. The fraction of sp³-hybridized carbons (Fsp3) is 0.625. The first kappa shape index (κ1) is 16.1. The summed E-state index contributed by atoms with van der Waals surface area (Å²) in [4.78, 5) is 0.